The minimum Gasteiger partial charge on any atom is -0.456 e. The molecule has 0 radical (unpaired) electrons. The Hall–Kier alpha value is -2.87. The van der Waals surface area contributed by atoms with Gasteiger partial charge in [-0.25, -0.2) is 0 Å². The number of carbonyl (C=O) groups excluding carboxylic acids is 1. The Kier molecular flexibility index (Phi) is 5.70. The highest BCUT2D eigenvalue weighted by atomic mass is 16.5. The van der Waals surface area contributed by atoms with Gasteiger partial charge < -0.3 is 10.1 Å². The van der Waals surface area contributed by atoms with Crippen molar-refractivity contribution in [1.82, 2.24) is 10.3 Å². The van der Waals surface area contributed by atoms with Crippen LogP contribution >= 0.6 is 0 Å². The summed E-state index contributed by atoms with van der Waals surface area (Å²) in [6, 6.07) is 12.0. The van der Waals surface area contributed by atoms with Crippen LogP contribution in [0.4, 0.5) is 0 Å². The molecule has 5 heteroatoms. The Morgan fingerprint density at radius 3 is 2.57 bits per heavy atom. The third kappa shape index (κ3) is 5.11. The first-order chi connectivity index (χ1) is 11.1. The first-order valence-electron chi connectivity index (χ1n) is 7.47. The van der Waals surface area contributed by atoms with Crippen molar-refractivity contribution >= 4 is 5.91 Å². The minimum atomic E-state index is -0.478. The summed E-state index contributed by atoms with van der Waals surface area (Å²) in [5.41, 5.74) is 0.493. The number of hydrogen-bond acceptors (Lipinski definition) is 4. The van der Waals surface area contributed by atoms with Crippen LogP contribution in [0.1, 0.15) is 30.6 Å². The second kappa shape index (κ2) is 7.95. The second-order valence-corrected chi connectivity index (χ2v) is 5.60. The lowest BCUT2D eigenvalue weighted by atomic mass is 10.0. The largest absolute Gasteiger partial charge is 0.456 e. The molecule has 118 valence electrons. The molecular weight excluding hydrogens is 290 g/mol. The van der Waals surface area contributed by atoms with Crippen molar-refractivity contribution in [3.63, 3.8) is 0 Å². The van der Waals surface area contributed by atoms with Crippen LogP contribution in [-0.2, 0) is 0 Å². The Morgan fingerprint density at radius 1 is 1.26 bits per heavy atom. The summed E-state index contributed by atoms with van der Waals surface area (Å²) in [5.74, 6) is 1.33. The van der Waals surface area contributed by atoms with Crippen LogP contribution in [0, 0.1) is 17.2 Å². The van der Waals surface area contributed by atoms with E-state index >= 15 is 0 Å². The van der Waals surface area contributed by atoms with Gasteiger partial charge in [-0.15, -0.1) is 0 Å². The lowest BCUT2D eigenvalue weighted by Gasteiger charge is -2.13. The number of benzene rings is 1. The molecule has 1 amide bonds. The smallest absolute Gasteiger partial charge is 0.252 e. The molecule has 23 heavy (non-hydrogen) atoms. The molecule has 5 nitrogen and oxygen atoms in total. The molecule has 0 unspecified atom stereocenters. The Bertz CT molecular complexity index is 676. The summed E-state index contributed by atoms with van der Waals surface area (Å²) in [7, 11) is 0. The molecule has 0 fully saturated rings. The Balaban J connectivity index is 1.98. The molecule has 1 aromatic carbocycles. The highest BCUT2D eigenvalue weighted by Crippen LogP contribution is 2.20. The summed E-state index contributed by atoms with van der Waals surface area (Å²) in [6.45, 7) is 4.03. The molecule has 1 aromatic heterocycles. The van der Waals surface area contributed by atoms with Crippen LogP contribution in [0.3, 0.4) is 0 Å². The number of rotatable bonds is 6. The third-order valence-electron chi connectivity index (χ3n) is 3.15. The van der Waals surface area contributed by atoms with Crippen LogP contribution in [0.25, 0.3) is 0 Å². The van der Waals surface area contributed by atoms with Gasteiger partial charge in [-0.1, -0.05) is 13.8 Å². The van der Waals surface area contributed by atoms with Gasteiger partial charge in [0, 0.05) is 11.8 Å². The summed E-state index contributed by atoms with van der Waals surface area (Å²) in [6.07, 6.45) is 3.91. The molecule has 1 atom stereocenters. The molecule has 0 aliphatic carbocycles. The fourth-order valence-electron chi connectivity index (χ4n) is 2.07. The van der Waals surface area contributed by atoms with Gasteiger partial charge in [-0.05, 0) is 48.7 Å². The molecule has 0 saturated heterocycles. The van der Waals surface area contributed by atoms with E-state index in [2.05, 4.69) is 16.4 Å². The van der Waals surface area contributed by atoms with Gasteiger partial charge in [-0.3, -0.25) is 9.78 Å². The molecule has 0 aliphatic heterocycles. The molecule has 0 spiro atoms. The van der Waals surface area contributed by atoms with Crippen molar-refractivity contribution in [3.8, 4) is 17.6 Å². The van der Waals surface area contributed by atoms with Crippen molar-refractivity contribution in [1.29, 1.82) is 5.26 Å². The van der Waals surface area contributed by atoms with E-state index in [4.69, 9.17) is 10.00 Å². The predicted molar refractivity (Wildman–Crippen MR) is 87.1 cm³/mol. The molecule has 2 rings (SSSR count). The number of pyridine rings is 1. The molecule has 1 N–H and O–H groups in total. The van der Waals surface area contributed by atoms with E-state index in [-0.39, 0.29) is 5.91 Å². The number of carbonyl (C=O) groups is 1. The van der Waals surface area contributed by atoms with Crippen LogP contribution in [0.5, 0.6) is 11.5 Å². The van der Waals surface area contributed by atoms with Gasteiger partial charge in [0.25, 0.3) is 5.91 Å². The maximum atomic E-state index is 12.2. The minimum absolute atomic E-state index is 0.259. The average Bonchev–Trinajstić information content (AvgIpc) is 2.55. The van der Waals surface area contributed by atoms with E-state index in [0.29, 0.717) is 29.4 Å². The number of nitrogens with zero attached hydrogens (tertiary/aromatic N) is 2. The van der Waals surface area contributed by atoms with Gasteiger partial charge in [0.15, 0.2) is 0 Å². The van der Waals surface area contributed by atoms with E-state index in [1.165, 1.54) is 0 Å². The fourth-order valence-corrected chi connectivity index (χ4v) is 2.07. The van der Waals surface area contributed by atoms with Crippen molar-refractivity contribution in [2.24, 2.45) is 5.92 Å². The first kappa shape index (κ1) is 16.5. The van der Waals surface area contributed by atoms with E-state index in [1.807, 2.05) is 13.8 Å². The number of ether oxygens (including phenoxy) is 1. The van der Waals surface area contributed by atoms with Crippen molar-refractivity contribution in [2.45, 2.75) is 26.3 Å². The Morgan fingerprint density at radius 2 is 2.00 bits per heavy atom. The van der Waals surface area contributed by atoms with Gasteiger partial charge in [0.05, 0.1) is 12.3 Å². The molecule has 2 aromatic rings. The molecule has 0 bridgehead atoms. The van der Waals surface area contributed by atoms with Crippen molar-refractivity contribution in [3.05, 3.63) is 54.4 Å². The third-order valence-corrected chi connectivity index (χ3v) is 3.15. The van der Waals surface area contributed by atoms with Gasteiger partial charge in [0.1, 0.15) is 17.5 Å². The van der Waals surface area contributed by atoms with Gasteiger partial charge >= 0.3 is 0 Å². The normalized spacial score (nSPS) is 11.6. The zero-order chi connectivity index (χ0) is 16.7. The number of nitriles is 1. The topological polar surface area (TPSA) is 75.0 Å². The molecule has 0 aliphatic rings. The highest BCUT2D eigenvalue weighted by molar-refractivity contribution is 5.94. The summed E-state index contributed by atoms with van der Waals surface area (Å²) >= 11 is 0. The highest BCUT2D eigenvalue weighted by Gasteiger charge is 2.14. The lowest BCUT2D eigenvalue weighted by Crippen LogP contribution is -2.34. The second-order valence-electron chi connectivity index (χ2n) is 5.60. The predicted octanol–water partition coefficient (Wildman–Crippen LogP) is 3.54. The first-order valence-corrected chi connectivity index (χ1v) is 7.47. The van der Waals surface area contributed by atoms with E-state index in [0.717, 1.165) is 0 Å². The average molecular weight is 309 g/mol. The summed E-state index contributed by atoms with van der Waals surface area (Å²) < 4.78 is 5.62. The zero-order valence-corrected chi connectivity index (χ0v) is 13.2. The summed E-state index contributed by atoms with van der Waals surface area (Å²) in [5, 5.41) is 11.8. The monoisotopic (exact) mass is 309 g/mol. The van der Waals surface area contributed by atoms with Gasteiger partial charge in [0.2, 0.25) is 0 Å². The summed E-state index contributed by atoms with van der Waals surface area (Å²) in [4.78, 5) is 16.1. The molecule has 0 saturated carbocycles. The van der Waals surface area contributed by atoms with E-state index in [1.54, 1.807) is 48.8 Å². The quantitative estimate of drug-likeness (QED) is 0.885. The van der Waals surface area contributed by atoms with Crippen LogP contribution in [0.2, 0.25) is 0 Å². The Labute approximate surface area is 135 Å². The number of aromatic nitrogens is 1. The SMILES string of the molecule is CC(C)C[C@H](C#N)NC(=O)c1ccc(Oc2cccnc2)cc1. The maximum Gasteiger partial charge on any atom is 0.252 e. The van der Waals surface area contributed by atoms with Crippen LogP contribution in [-0.4, -0.2) is 16.9 Å². The number of nitrogens with one attached hydrogen (secondary N) is 1. The molecule has 1 heterocycles. The van der Waals surface area contributed by atoms with Gasteiger partial charge in [-0.2, -0.15) is 5.26 Å². The maximum absolute atomic E-state index is 12.2. The number of hydrogen-bond donors (Lipinski definition) is 1. The van der Waals surface area contributed by atoms with Crippen LogP contribution in [0.15, 0.2) is 48.8 Å². The standard InChI is InChI=1S/C18H19N3O2/c1-13(2)10-15(11-19)21-18(22)14-5-7-16(8-6-14)23-17-4-3-9-20-12-17/h3-9,12-13,15H,10H2,1-2H3,(H,21,22)/t15-/m1/s1. The van der Waals surface area contributed by atoms with E-state index in [9.17, 15) is 4.79 Å². The lowest BCUT2D eigenvalue weighted by molar-refractivity contribution is 0.0942. The zero-order valence-electron chi connectivity index (χ0n) is 13.2. The fraction of sp³-hybridized carbons (Fsp3) is 0.278. The van der Waals surface area contributed by atoms with E-state index < -0.39 is 6.04 Å². The number of amides is 1. The van der Waals surface area contributed by atoms with Crippen molar-refractivity contribution < 1.29 is 9.53 Å². The van der Waals surface area contributed by atoms with Crippen molar-refractivity contribution in [2.75, 3.05) is 0 Å². The molecular formula is C18H19N3O2. The van der Waals surface area contributed by atoms with Crippen LogP contribution < -0.4 is 10.1 Å².